The zero-order chi connectivity index (χ0) is 13.7. The molecule has 0 heterocycles. The third-order valence-corrected chi connectivity index (χ3v) is 3.87. The summed E-state index contributed by atoms with van der Waals surface area (Å²) in [6.07, 6.45) is 15.4. The van der Waals surface area contributed by atoms with Gasteiger partial charge in [-0.25, -0.2) is 13.1 Å². The molecule has 110 valence electrons. The molecular weight excluding hydrogens is 246 g/mol. The average molecular weight is 277 g/mol. The standard InChI is InChI=1S/C14H31NO2S/c1-3-4-5-6-7-8-9-10-11-12-13-14-15-18(2,16)17/h15H,3-14H2,1-2H3. The molecule has 3 nitrogen and oxygen atoms in total. The monoisotopic (exact) mass is 277 g/mol. The lowest BCUT2D eigenvalue weighted by Gasteiger charge is -2.03. The summed E-state index contributed by atoms with van der Waals surface area (Å²) in [6, 6.07) is 0. The van der Waals surface area contributed by atoms with E-state index in [-0.39, 0.29) is 0 Å². The Labute approximate surface area is 114 Å². The van der Waals surface area contributed by atoms with Gasteiger partial charge < -0.3 is 0 Å². The Hall–Kier alpha value is -0.0900. The normalized spacial score (nSPS) is 11.9. The summed E-state index contributed by atoms with van der Waals surface area (Å²) >= 11 is 0. The first-order valence-electron chi connectivity index (χ1n) is 7.51. The molecule has 0 spiro atoms. The number of hydrogen-bond acceptors (Lipinski definition) is 2. The number of nitrogens with one attached hydrogen (secondary N) is 1. The SMILES string of the molecule is CCCCCCCCCCCCCNS(C)(=O)=O. The molecule has 4 heteroatoms. The van der Waals surface area contributed by atoms with Crippen molar-refractivity contribution in [3.63, 3.8) is 0 Å². The Kier molecular flexibility index (Phi) is 11.9. The van der Waals surface area contributed by atoms with Gasteiger partial charge in [-0.1, -0.05) is 71.1 Å². The topological polar surface area (TPSA) is 46.2 Å². The predicted octanol–water partition coefficient (Wildman–Crippen LogP) is 3.85. The molecule has 0 aromatic rings. The summed E-state index contributed by atoms with van der Waals surface area (Å²) in [4.78, 5) is 0. The van der Waals surface area contributed by atoms with E-state index in [9.17, 15) is 8.42 Å². The van der Waals surface area contributed by atoms with Gasteiger partial charge in [0.2, 0.25) is 10.0 Å². The summed E-state index contributed by atoms with van der Waals surface area (Å²) < 4.78 is 24.1. The van der Waals surface area contributed by atoms with Crippen LogP contribution >= 0.6 is 0 Å². The van der Waals surface area contributed by atoms with Crippen LogP contribution in [0.2, 0.25) is 0 Å². The zero-order valence-electron chi connectivity index (χ0n) is 12.2. The summed E-state index contributed by atoms with van der Waals surface area (Å²) in [5.41, 5.74) is 0. The Morgan fingerprint density at radius 3 is 1.50 bits per heavy atom. The summed E-state index contributed by atoms with van der Waals surface area (Å²) in [7, 11) is -2.99. The molecule has 18 heavy (non-hydrogen) atoms. The van der Waals surface area contributed by atoms with Gasteiger partial charge in [-0.15, -0.1) is 0 Å². The maximum Gasteiger partial charge on any atom is 0.208 e. The molecule has 0 saturated heterocycles. The Morgan fingerprint density at radius 2 is 1.11 bits per heavy atom. The molecule has 1 N–H and O–H groups in total. The molecule has 0 aromatic carbocycles. The largest absolute Gasteiger partial charge is 0.215 e. The van der Waals surface area contributed by atoms with Crippen molar-refractivity contribution in [3.05, 3.63) is 0 Å². The first-order valence-corrected chi connectivity index (χ1v) is 9.40. The van der Waals surface area contributed by atoms with E-state index in [1.807, 2.05) is 0 Å². The van der Waals surface area contributed by atoms with Gasteiger partial charge in [-0.05, 0) is 6.42 Å². The van der Waals surface area contributed by atoms with Gasteiger partial charge in [-0.3, -0.25) is 0 Å². The molecule has 0 aromatic heterocycles. The fourth-order valence-corrected chi connectivity index (χ4v) is 2.56. The van der Waals surface area contributed by atoms with Crippen molar-refractivity contribution >= 4 is 10.0 Å². The van der Waals surface area contributed by atoms with E-state index in [0.29, 0.717) is 6.54 Å². The van der Waals surface area contributed by atoms with Crippen LogP contribution < -0.4 is 4.72 Å². The van der Waals surface area contributed by atoms with Crippen LogP contribution in [0, 0.1) is 0 Å². The Morgan fingerprint density at radius 1 is 0.722 bits per heavy atom. The summed E-state index contributed by atoms with van der Waals surface area (Å²) in [6.45, 7) is 2.84. The molecule has 0 aliphatic heterocycles. The highest BCUT2D eigenvalue weighted by atomic mass is 32.2. The first kappa shape index (κ1) is 17.9. The molecule has 0 unspecified atom stereocenters. The van der Waals surface area contributed by atoms with Crippen molar-refractivity contribution in [2.24, 2.45) is 0 Å². The molecule has 0 atom stereocenters. The van der Waals surface area contributed by atoms with E-state index >= 15 is 0 Å². The van der Waals surface area contributed by atoms with Crippen molar-refractivity contribution in [3.8, 4) is 0 Å². The third kappa shape index (κ3) is 15.9. The summed E-state index contributed by atoms with van der Waals surface area (Å²) in [5, 5.41) is 0. The van der Waals surface area contributed by atoms with E-state index < -0.39 is 10.0 Å². The fourth-order valence-electron chi connectivity index (χ4n) is 2.05. The third-order valence-electron chi connectivity index (χ3n) is 3.14. The van der Waals surface area contributed by atoms with Crippen molar-refractivity contribution in [2.75, 3.05) is 12.8 Å². The molecule has 0 aliphatic carbocycles. The van der Waals surface area contributed by atoms with Crippen molar-refractivity contribution in [1.29, 1.82) is 0 Å². The lowest BCUT2D eigenvalue weighted by molar-refractivity contribution is 0.545. The second-order valence-electron chi connectivity index (χ2n) is 5.20. The Bertz CT molecular complexity index is 263. The lowest BCUT2D eigenvalue weighted by atomic mass is 10.1. The molecule has 0 rings (SSSR count). The number of rotatable bonds is 13. The van der Waals surface area contributed by atoms with Crippen molar-refractivity contribution in [1.82, 2.24) is 4.72 Å². The quantitative estimate of drug-likeness (QED) is 0.520. The highest BCUT2D eigenvalue weighted by Crippen LogP contribution is 2.10. The van der Waals surface area contributed by atoms with Crippen LogP contribution in [-0.4, -0.2) is 21.2 Å². The second-order valence-corrected chi connectivity index (χ2v) is 7.04. The minimum Gasteiger partial charge on any atom is -0.215 e. The van der Waals surface area contributed by atoms with E-state index in [2.05, 4.69) is 11.6 Å². The lowest BCUT2D eigenvalue weighted by Crippen LogP contribution is -2.22. The van der Waals surface area contributed by atoms with Crippen LogP contribution in [0.1, 0.15) is 77.6 Å². The van der Waals surface area contributed by atoms with Crippen LogP contribution in [0.5, 0.6) is 0 Å². The zero-order valence-corrected chi connectivity index (χ0v) is 13.0. The van der Waals surface area contributed by atoms with E-state index in [4.69, 9.17) is 0 Å². The number of unbranched alkanes of at least 4 members (excludes halogenated alkanes) is 10. The fraction of sp³-hybridized carbons (Fsp3) is 1.00. The van der Waals surface area contributed by atoms with Gasteiger partial charge in [0, 0.05) is 6.54 Å². The highest BCUT2D eigenvalue weighted by molar-refractivity contribution is 7.88. The molecule has 0 amide bonds. The number of hydrogen-bond donors (Lipinski definition) is 1. The minimum absolute atomic E-state index is 0.593. The molecule has 0 fully saturated rings. The smallest absolute Gasteiger partial charge is 0.208 e. The second kappa shape index (κ2) is 12.0. The maximum absolute atomic E-state index is 10.8. The highest BCUT2D eigenvalue weighted by Gasteiger charge is 1.98. The maximum atomic E-state index is 10.8. The van der Waals surface area contributed by atoms with E-state index in [0.717, 1.165) is 12.8 Å². The van der Waals surface area contributed by atoms with Crippen LogP contribution in [0.15, 0.2) is 0 Å². The molecule has 0 aliphatic rings. The molecular formula is C14H31NO2S. The van der Waals surface area contributed by atoms with Crippen LogP contribution in [-0.2, 0) is 10.0 Å². The van der Waals surface area contributed by atoms with Crippen LogP contribution in [0.25, 0.3) is 0 Å². The van der Waals surface area contributed by atoms with E-state index in [1.54, 1.807) is 0 Å². The summed E-state index contributed by atoms with van der Waals surface area (Å²) in [5.74, 6) is 0. The van der Waals surface area contributed by atoms with E-state index in [1.165, 1.54) is 64.0 Å². The number of sulfonamides is 1. The minimum atomic E-state index is -2.99. The average Bonchev–Trinajstić information content (AvgIpc) is 2.29. The van der Waals surface area contributed by atoms with Gasteiger partial charge in [0.1, 0.15) is 0 Å². The van der Waals surface area contributed by atoms with Gasteiger partial charge in [0.15, 0.2) is 0 Å². The van der Waals surface area contributed by atoms with Crippen molar-refractivity contribution < 1.29 is 8.42 Å². The predicted molar refractivity (Wildman–Crippen MR) is 79.3 cm³/mol. The van der Waals surface area contributed by atoms with Gasteiger partial charge in [0.25, 0.3) is 0 Å². The first-order chi connectivity index (χ1) is 8.56. The molecule has 0 radical (unpaired) electrons. The van der Waals surface area contributed by atoms with Gasteiger partial charge in [0.05, 0.1) is 6.26 Å². The van der Waals surface area contributed by atoms with Crippen LogP contribution in [0.3, 0.4) is 0 Å². The van der Waals surface area contributed by atoms with Crippen molar-refractivity contribution in [2.45, 2.75) is 77.6 Å². The van der Waals surface area contributed by atoms with Gasteiger partial charge in [-0.2, -0.15) is 0 Å². The molecule has 0 bridgehead atoms. The van der Waals surface area contributed by atoms with Crippen LogP contribution in [0.4, 0.5) is 0 Å². The molecule has 0 saturated carbocycles. The Balaban J connectivity index is 3.03. The van der Waals surface area contributed by atoms with Gasteiger partial charge >= 0.3 is 0 Å².